The largest absolute Gasteiger partial charge is 0.345 e. The Morgan fingerprint density at radius 3 is 2.76 bits per heavy atom. The molecule has 1 aromatic heterocycles. The molecular weight excluding hydrogens is 284 g/mol. The van der Waals surface area contributed by atoms with Gasteiger partial charge in [0.15, 0.2) is 0 Å². The van der Waals surface area contributed by atoms with E-state index in [1.165, 1.54) is 6.42 Å². The van der Waals surface area contributed by atoms with Gasteiger partial charge in [0.1, 0.15) is 5.01 Å². The Morgan fingerprint density at radius 2 is 2.05 bits per heavy atom. The lowest BCUT2D eigenvalue weighted by Gasteiger charge is -2.30. The number of anilines is 1. The first kappa shape index (κ1) is 14.8. The summed E-state index contributed by atoms with van der Waals surface area (Å²) in [5, 5.41) is 10.7. The van der Waals surface area contributed by atoms with Crippen molar-refractivity contribution in [2.24, 2.45) is 5.92 Å². The van der Waals surface area contributed by atoms with Crippen LogP contribution in [0.1, 0.15) is 44.0 Å². The van der Waals surface area contributed by atoms with E-state index < -0.39 is 0 Å². The lowest BCUT2D eigenvalue weighted by Crippen LogP contribution is -2.41. The van der Waals surface area contributed by atoms with Crippen molar-refractivity contribution in [2.75, 3.05) is 31.1 Å². The van der Waals surface area contributed by atoms with Gasteiger partial charge in [-0.2, -0.15) is 0 Å². The maximum absolute atomic E-state index is 12.3. The summed E-state index contributed by atoms with van der Waals surface area (Å²) in [4.78, 5) is 16.7. The highest BCUT2D eigenvalue weighted by Crippen LogP contribution is 2.29. The zero-order chi connectivity index (χ0) is 14.7. The van der Waals surface area contributed by atoms with E-state index in [2.05, 4.69) is 26.9 Å². The van der Waals surface area contributed by atoms with Crippen molar-refractivity contribution >= 4 is 22.4 Å². The first-order valence-corrected chi connectivity index (χ1v) is 8.95. The second-order valence-electron chi connectivity index (χ2n) is 6.02. The van der Waals surface area contributed by atoms with Crippen LogP contribution >= 0.6 is 11.3 Å². The molecule has 1 aliphatic carbocycles. The Kier molecular flexibility index (Phi) is 4.73. The Balaban J connectivity index is 1.58. The van der Waals surface area contributed by atoms with Gasteiger partial charge in [0.2, 0.25) is 11.0 Å². The highest BCUT2D eigenvalue weighted by Gasteiger charge is 2.30. The van der Waals surface area contributed by atoms with Gasteiger partial charge >= 0.3 is 0 Å². The summed E-state index contributed by atoms with van der Waals surface area (Å²) in [6, 6.07) is 0. The standard InChI is InChI=1S/C15H24N4OS/c1-2-5-13-16-17-15(21-13)19-9-4-8-18(10-11-19)14(20)12-6-3-7-12/h12H,2-11H2,1H3. The van der Waals surface area contributed by atoms with E-state index >= 15 is 0 Å². The number of rotatable bonds is 4. The van der Waals surface area contributed by atoms with E-state index in [-0.39, 0.29) is 0 Å². The SMILES string of the molecule is CCCc1nnc(N2CCCN(C(=O)C3CCC3)CC2)s1. The van der Waals surface area contributed by atoms with Crippen molar-refractivity contribution in [1.82, 2.24) is 15.1 Å². The number of carbonyl (C=O) groups excluding carboxylic acids is 1. The van der Waals surface area contributed by atoms with Gasteiger partial charge in [-0.25, -0.2) is 0 Å². The number of hydrogen-bond donors (Lipinski definition) is 0. The predicted octanol–water partition coefficient (Wildman–Crippen LogP) is 2.33. The lowest BCUT2D eigenvalue weighted by molar-refractivity contribution is -0.137. The third kappa shape index (κ3) is 3.36. The molecule has 3 rings (SSSR count). The summed E-state index contributed by atoms with van der Waals surface area (Å²) in [5.41, 5.74) is 0. The van der Waals surface area contributed by atoms with Gasteiger partial charge in [-0.1, -0.05) is 24.7 Å². The highest BCUT2D eigenvalue weighted by atomic mass is 32.1. The molecule has 21 heavy (non-hydrogen) atoms. The molecule has 2 heterocycles. The second-order valence-corrected chi connectivity index (χ2v) is 7.06. The van der Waals surface area contributed by atoms with E-state index in [9.17, 15) is 4.79 Å². The molecule has 0 spiro atoms. The molecule has 0 radical (unpaired) electrons. The lowest BCUT2D eigenvalue weighted by atomic mass is 9.84. The number of amides is 1. The van der Waals surface area contributed by atoms with Crippen LogP contribution < -0.4 is 4.90 Å². The number of carbonyl (C=O) groups is 1. The minimum Gasteiger partial charge on any atom is -0.345 e. The van der Waals surface area contributed by atoms with E-state index in [1.807, 2.05) is 0 Å². The van der Waals surface area contributed by atoms with Crippen LogP contribution in [0.15, 0.2) is 0 Å². The predicted molar refractivity (Wildman–Crippen MR) is 84.7 cm³/mol. The molecule has 5 nitrogen and oxygen atoms in total. The third-order valence-electron chi connectivity index (χ3n) is 4.45. The Bertz CT molecular complexity index is 486. The summed E-state index contributed by atoms with van der Waals surface area (Å²) < 4.78 is 0. The van der Waals surface area contributed by atoms with E-state index in [4.69, 9.17) is 0 Å². The summed E-state index contributed by atoms with van der Waals surface area (Å²) in [6.07, 6.45) is 6.56. The van der Waals surface area contributed by atoms with Crippen LogP contribution in [0.2, 0.25) is 0 Å². The molecule has 1 saturated heterocycles. The topological polar surface area (TPSA) is 49.3 Å². The summed E-state index contributed by atoms with van der Waals surface area (Å²) in [5.74, 6) is 0.696. The van der Waals surface area contributed by atoms with Crippen LogP contribution in [-0.2, 0) is 11.2 Å². The number of hydrogen-bond acceptors (Lipinski definition) is 5. The maximum atomic E-state index is 12.3. The number of aryl methyl sites for hydroxylation is 1. The summed E-state index contributed by atoms with van der Waals surface area (Å²) in [6.45, 7) is 5.76. The Morgan fingerprint density at radius 1 is 1.19 bits per heavy atom. The van der Waals surface area contributed by atoms with Crippen molar-refractivity contribution in [2.45, 2.75) is 45.4 Å². The molecule has 1 aliphatic heterocycles. The van der Waals surface area contributed by atoms with Crippen LogP contribution in [-0.4, -0.2) is 47.2 Å². The fourth-order valence-electron chi connectivity index (χ4n) is 2.93. The normalized spacial score (nSPS) is 20.2. The second kappa shape index (κ2) is 6.73. The molecule has 1 aromatic rings. The van der Waals surface area contributed by atoms with Crippen molar-refractivity contribution in [1.29, 1.82) is 0 Å². The van der Waals surface area contributed by atoms with Gasteiger partial charge in [0.05, 0.1) is 0 Å². The van der Waals surface area contributed by atoms with Crippen molar-refractivity contribution in [3.8, 4) is 0 Å². The molecular formula is C15H24N4OS. The minimum atomic E-state index is 0.314. The van der Waals surface area contributed by atoms with Crippen molar-refractivity contribution in [3.63, 3.8) is 0 Å². The molecule has 2 fully saturated rings. The molecule has 0 N–H and O–H groups in total. The van der Waals surface area contributed by atoms with Crippen LogP contribution in [0.3, 0.4) is 0 Å². The molecule has 6 heteroatoms. The van der Waals surface area contributed by atoms with Gasteiger partial charge in [-0.05, 0) is 25.7 Å². The average Bonchev–Trinajstić information content (AvgIpc) is 2.73. The number of nitrogens with zero attached hydrogens (tertiary/aromatic N) is 4. The van der Waals surface area contributed by atoms with Gasteiger partial charge in [0, 0.05) is 38.5 Å². The highest BCUT2D eigenvalue weighted by molar-refractivity contribution is 7.15. The first-order chi connectivity index (χ1) is 10.3. The summed E-state index contributed by atoms with van der Waals surface area (Å²) >= 11 is 1.71. The van der Waals surface area contributed by atoms with Gasteiger partial charge in [-0.3, -0.25) is 4.79 Å². The first-order valence-electron chi connectivity index (χ1n) is 8.14. The van der Waals surface area contributed by atoms with Gasteiger partial charge < -0.3 is 9.80 Å². The number of aromatic nitrogens is 2. The molecule has 0 aromatic carbocycles. The maximum Gasteiger partial charge on any atom is 0.225 e. The molecule has 1 amide bonds. The monoisotopic (exact) mass is 308 g/mol. The average molecular weight is 308 g/mol. The zero-order valence-electron chi connectivity index (χ0n) is 12.8. The summed E-state index contributed by atoms with van der Waals surface area (Å²) in [7, 11) is 0. The molecule has 1 saturated carbocycles. The molecule has 0 unspecified atom stereocenters. The van der Waals surface area contributed by atoms with Crippen LogP contribution in [0, 0.1) is 5.92 Å². The van der Waals surface area contributed by atoms with E-state index in [0.717, 1.165) is 68.4 Å². The van der Waals surface area contributed by atoms with Gasteiger partial charge in [0.25, 0.3) is 0 Å². The van der Waals surface area contributed by atoms with E-state index in [1.54, 1.807) is 11.3 Å². The Labute approximate surface area is 130 Å². The minimum absolute atomic E-state index is 0.314. The fraction of sp³-hybridized carbons (Fsp3) is 0.800. The van der Waals surface area contributed by atoms with E-state index in [0.29, 0.717) is 11.8 Å². The zero-order valence-corrected chi connectivity index (χ0v) is 13.6. The fourth-order valence-corrected chi connectivity index (χ4v) is 3.92. The van der Waals surface area contributed by atoms with Crippen molar-refractivity contribution < 1.29 is 4.79 Å². The van der Waals surface area contributed by atoms with Crippen LogP contribution in [0.5, 0.6) is 0 Å². The van der Waals surface area contributed by atoms with Crippen LogP contribution in [0.25, 0.3) is 0 Å². The third-order valence-corrected chi connectivity index (χ3v) is 5.50. The Hall–Kier alpha value is -1.17. The van der Waals surface area contributed by atoms with Gasteiger partial charge in [-0.15, -0.1) is 10.2 Å². The molecule has 0 bridgehead atoms. The molecule has 116 valence electrons. The van der Waals surface area contributed by atoms with Crippen molar-refractivity contribution in [3.05, 3.63) is 5.01 Å². The van der Waals surface area contributed by atoms with Crippen LogP contribution in [0.4, 0.5) is 5.13 Å². The molecule has 0 atom stereocenters. The smallest absolute Gasteiger partial charge is 0.225 e. The quantitative estimate of drug-likeness (QED) is 0.856. The molecule has 2 aliphatic rings.